The molecule has 0 spiro atoms. The number of hydrogen-bond donors (Lipinski definition) is 0. The number of rotatable bonds is 5. The van der Waals surface area contributed by atoms with Crippen molar-refractivity contribution in [3.63, 3.8) is 0 Å². The number of benzene rings is 2. The number of para-hydroxylation sites is 1. The summed E-state index contributed by atoms with van der Waals surface area (Å²) in [6, 6.07) is 14.5. The summed E-state index contributed by atoms with van der Waals surface area (Å²) < 4.78 is 12.0. The van der Waals surface area contributed by atoms with E-state index in [1.54, 1.807) is 31.3 Å². The van der Waals surface area contributed by atoms with Crippen LogP contribution in [-0.2, 0) is 25.6 Å². The Bertz CT molecular complexity index is 1420. The van der Waals surface area contributed by atoms with Gasteiger partial charge in [-0.1, -0.05) is 18.2 Å². The molecule has 0 unspecified atom stereocenters. The Morgan fingerprint density at radius 1 is 1.11 bits per heavy atom. The maximum atomic E-state index is 13.0. The van der Waals surface area contributed by atoms with Crippen LogP contribution in [0.5, 0.6) is 0 Å². The van der Waals surface area contributed by atoms with Gasteiger partial charge in [0.15, 0.2) is 5.17 Å². The molecule has 2 aliphatic heterocycles. The zero-order valence-corrected chi connectivity index (χ0v) is 21.4. The van der Waals surface area contributed by atoms with Crippen molar-refractivity contribution in [1.29, 1.82) is 0 Å². The molecule has 2 amide bonds. The second kappa shape index (κ2) is 10.6. The van der Waals surface area contributed by atoms with E-state index in [-0.39, 0.29) is 18.4 Å². The van der Waals surface area contributed by atoms with E-state index in [1.807, 2.05) is 46.0 Å². The van der Waals surface area contributed by atoms with Gasteiger partial charge < -0.3 is 18.9 Å². The first-order valence-corrected chi connectivity index (χ1v) is 12.6. The van der Waals surface area contributed by atoms with Gasteiger partial charge in [0.25, 0.3) is 5.91 Å². The Balaban J connectivity index is 1.40. The van der Waals surface area contributed by atoms with E-state index in [0.717, 1.165) is 16.5 Å². The van der Waals surface area contributed by atoms with E-state index in [2.05, 4.69) is 4.99 Å². The molecule has 1 aromatic heterocycles. The van der Waals surface area contributed by atoms with Gasteiger partial charge in [0.1, 0.15) is 6.54 Å². The van der Waals surface area contributed by atoms with E-state index < -0.39 is 5.97 Å². The number of amides is 2. The van der Waals surface area contributed by atoms with Crippen LogP contribution >= 0.6 is 11.8 Å². The van der Waals surface area contributed by atoms with Gasteiger partial charge in [-0.15, -0.1) is 0 Å². The van der Waals surface area contributed by atoms with Crippen LogP contribution in [0.4, 0.5) is 5.69 Å². The van der Waals surface area contributed by atoms with Crippen molar-refractivity contribution in [3.8, 4) is 0 Å². The lowest BCUT2D eigenvalue weighted by atomic mass is 10.1. The second-order valence-electron chi connectivity index (χ2n) is 8.63. The summed E-state index contributed by atoms with van der Waals surface area (Å²) in [5.41, 5.74) is 2.84. The molecule has 5 rings (SSSR count). The summed E-state index contributed by atoms with van der Waals surface area (Å²) >= 11 is 1.28. The summed E-state index contributed by atoms with van der Waals surface area (Å²) in [5.74, 6) is -0.532. The highest BCUT2D eigenvalue weighted by Crippen LogP contribution is 2.35. The van der Waals surface area contributed by atoms with Gasteiger partial charge >= 0.3 is 5.97 Å². The van der Waals surface area contributed by atoms with E-state index in [9.17, 15) is 14.4 Å². The molecule has 2 saturated heterocycles. The molecule has 0 aliphatic carbocycles. The molecule has 0 saturated carbocycles. The number of morpholine rings is 1. The molecule has 9 nitrogen and oxygen atoms in total. The fraction of sp³-hybridized carbons (Fsp3) is 0.259. The number of ether oxygens (including phenoxy) is 2. The van der Waals surface area contributed by atoms with Crippen LogP contribution in [0.2, 0.25) is 0 Å². The Hall–Kier alpha value is -3.89. The number of hydrogen-bond acceptors (Lipinski definition) is 7. The summed E-state index contributed by atoms with van der Waals surface area (Å²) in [4.78, 5) is 46.0. The van der Waals surface area contributed by atoms with Gasteiger partial charge in [0.05, 0.1) is 36.5 Å². The maximum absolute atomic E-state index is 13.0. The Morgan fingerprint density at radius 3 is 2.57 bits per heavy atom. The minimum absolute atomic E-state index is 0.0435. The third kappa shape index (κ3) is 5.16. The number of methoxy groups -OCH3 is 1. The van der Waals surface area contributed by atoms with Crippen molar-refractivity contribution in [2.45, 2.75) is 6.54 Å². The predicted octanol–water partition coefficient (Wildman–Crippen LogP) is 3.52. The number of nitrogens with zero attached hydrogens (tertiary/aromatic N) is 4. The van der Waals surface area contributed by atoms with Gasteiger partial charge in [0, 0.05) is 42.8 Å². The molecule has 0 atom stereocenters. The van der Waals surface area contributed by atoms with E-state index in [1.165, 1.54) is 23.8 Å². The molecular weight excluding hydrogens is 492 g/mol. The minimum Gasteiger partial charge on any atom is -0.465 e. The lowest BCUT2D eigenvalue weighted by Gasteiger charge is -2.27. The number of aromatic nitrogens is 1. The van der Waals surface area contributed by atoms with Crippen molar-refractivity contribution in [2.24, 2.45) is 4.99 Å². The van der Waals surface area contributed by atoms with Crippen molar-refractivity contribution in [2.75, 3.05) is 40.5 Å². The molecule has 37 heavy (non-hydrogen) atoms. The summed E-state index contributed by atoms with van der Waals surface area (Å²) in [7, 11) is 3.02. The molecule has 2 fully saturated rings. The van der Waals surface area contributed by atoms with E-state index >= 15 is 0 Å². The van der Waals surface area contributed by atoms with E-state index in [4.69, 9.17) is 9.47 Å². The third-order valence-electron chi connectivity index (χ3n) is 6.29. The fourth-order valence-electron chi connectivity index (χ4n) is 4.27. The van der Waals surface area contributed by atoms with Crippen LogP contribution in [0.15, 0.2) is 64.6 Å². The molecule has 0 bridgehead atoms. The lowest BCUT2D eigenvalue weighted by Crippen LogP contribution is -2.42. The van der Waals surface area contributed by atoms with Crippen LogP contribution < -0.4 is 0 Å². The first-order valence-electron chi connectivity index (χ1n) is 11.8. The third-order valence-corrected chi connectivity index (χ3v) is 7.35. The largest absolute Gasteiger partial charge is 0.465 e. The van der Waals surface area contributed by atoms with Crippen LogP contribution in [0.3, 0.4) is 0 Å². The van der Waals surface area contributed by atoms with Crippen molar-refractivity contribution >= 4 is 57.4 Å². The van der Waals surface area contributed by atoms with Gasteiger partial charge in [-0.25, -0.2) is 9.79 Å². The molecular formula is C27H26N4O5S. The van der Waals surface area contributed by atoms with Gasteiger partial charge in [-0.2, -0.15) is 0 Å². The standard InChI is InChI=1S/C27H26N4O5S/c1-29-25(33)23(37-27(29)28-20-9-7-18(8-10-20)26(34)35-2)15-19-16-31(22-6-4-3-5-21(19)22)17-24(32)30-11-13-36-14-12-30/h3-10,15-16H,11-14,17H2,1-2H3/b23-15-,28-27?. The number of carbonyl (C=O) groups excluding carboxylic acids is 3. The molecule has 3 heterocycles. The molecule has 2 aliphatic rings. The monoisotopic (exact) mass is 518 g/mol. The first-order chi connectivity index (χ1) is 17.9. The zero-order chi connectivity index (χ0) is 25.9. The Kier molecular flexibility index (Phi) is 7.11. The second-order valence-corrected chi connectivity index (χ2v) is 9.64. The number of amidine groups is 1. The lowest BCUT2D eigenvalue weighted by molar-refractivity contribution is -0.135. The number of aliphatic imine (C=N–C) groups is 1. The highest BCUT2D eigenvalue weighted by Gasteiger charge is 2.31. The highest BCUT2D eigenvalue weighted by atomic mass is 32.2. The SMILES string of the molecule is COC(=O)c1ccc(N=C2S/C(=C\c3cn(CC(=O)N4CCOCC4)c4ccccc34)C(=O)N2C)cc1. The number of esters is 1. The molecule has 10 heteroatoms. The fourth-order valence-corrected chi connectivity index (χ4v) is 5.25. The predicted molar refractivity (Wildman–Crippen MR) is 143 cm³/mol. The molecule has 190 valence electrons. The summed E-state index contributed by atoms with van der Waals surface area (Å²) in [5, 5.41) is 1.50. The number of thioether (sulfide) groups is 1. The molecule has 3 aromatic rings. The quantitative estimate of drug-likeness (QED) is 0.379. The Labute approximate surface area is 218 Å². The van der Waals surface area contributed by atoms with Gasteiger partial charge in [-0.05, 0) is 48.2 Å². The summed E-state index contributed by atoms with van der Waals surface area (Å²) in [6.45, 7) is 2.53. The van der Waals surface area contributed by atoms with Crippen molar-refractivity contribution in [3.05, 3.63) is 70.8 Å². The zero-order valence-electron chi connectivity index (χ0n) is 20.5. The smallest absolute Gasteiger partial charge is 0.337 e. The highest BCUT2D eigenvalue weighted by molar-refractivity contribution is 8.18. The average Bonchev–Trinajstić information content (AvgIpc) is 3.41. The molecule has 0 N–H and O–H groups in total. The number of carbonyl (C=O) groups is 3. The van der Waals surface area contributed by atoms with Crippen LogP contribution in [0, 0.1) is 0 Å². The summed E-state index contributed by atoms with van der Waals surface area (Å²) in [6.07, 6.45) is 3.77. The Morgan fingerprint density at radius 2 is 1.84 bits per heavy atom. The topological polar surface area (TPSA) is 93.4 Å². The van der Waals surface area contributed by atoms with Gasteiger partial charge in [0.2, 0.25) is 5.91 Å². The van der Waals surface area contributed by atoms with E-state index in [0.29, 0.717) is 47.6 Å². The average molecular weight is 519 g/mol. The molecule has 2 aromatic carbocycles. The van der Waals surface area contributed by atoms with Crippen LogP contribution in [-0.4, -0.2) is 77.8 Å². The van der Waals surface area contributed by atoms with Crippen LogP contribution in [0.1, 0.15) is 15.9 Å². The van der Waals surface area contributed by atoms with Gasteiger partial charge in [-0.3, -0.25) is 14.5 Å². The number of fused-ring (bicyclic) bond motifs is 1. The first kappa shape index (κ1) is 24.8. The minimum atomic E-state index is -0.419. The maximum Gasteiger partial charge on any atom is 0.337 e. The number of likely N-dealkylation sites (N-methyl/N-ethyl adjacent to an activating group) is 1. The normalized spacial score (nSPS) is 18.3. The van der Waals surface area contributed by atoms with Crippen LogP contribution in [0.25, 0.3) is 17.0 Å². The molecule has 0 radical (unpaired) electrons. The van der Waals surface area contributed by atoms with Crippen molar-refractivity contribution < 1.29 is 23.9 Å². The van der Waals surface area contributed by atoms with Crippen molar-refractivity contribution in [1.82, 2.24) is 14.4 Å².